The number of nitrogens with one attached hydrogen (secondary N) is 3. The van der Waals surface area contributed by atoms with Gasteiger partial charge in [0.1, 0.15) is 29.5 Å². The highest BCUT2D eigenvalue weighted by Gasteiger charge is 2.50. The number of carbonyl (C=O) groups excluding carboxylic acids is 4. The number of epoxide rings is 1. The standard InChI is InChI=1S/C29H41N3O7/c1-18(30-28(36)24-9-6-14-38-24)26(34)32-23(16-20-10-12-21(37-3)13-11-20)27(35)31-22(15-19-7-4-5-8-19)25(33)29(2)17-39-29/h10-13,18-19,22-24H,4-9,14-17H2,1-3H3,(H,30,36)(H,31,35)(H,32,34)/t18-,22+,23+,24-,29+/m1/s1. The molecule has 1 aliphatic carbocycles. The first-order valence-electron chi connectivity index (χ1n) is 14.0. The molecule has 5 atom stereocenters. The second-order valence-corrected chi connectivity index (χ2v) is 11.2. The van der Waals surface area contributed by atoms with E-state index in [4.69, 9.17) is 14.2 Å². The van der Waals surface area contributed by atoms with Crippen molar-refractivity contribution in [2.24, 2.45) is 5.92 Å². The summed E-state index contributed by atoms with van der Waals surface area (Å²) in [6.07, 6.45) is 5.92. The van der Waals surface area contributed by atoms with Crippen molar-refractivity contribution in [1.29, 1.82) is 0 Å². The first-order valence-corrected chi connectivity index (χ1v) is 14.0. The average Bonchev–Trinajstić information content (AvgIpc) is 3.32. The molecule has 3 fully saturated rings. The van der Waals surface area contributed by atoms with Crippen LogP contribution >= 0.6 is 0 Å². The molecule has 3 aliphatic rings. The number of ketones is 1. The normalized spacial score (nSPS) is 24.8. The Morgan fingerprint density at radius 1 is 0.974 bits per heavy atom. The van der Waals surface area contributed by atoms with Gasteiger partial charge in [-0.1, -0.05) is 37.8 Å². The number of ether oxygens (including phenoxy) is 3. The van der Waals surface area contributed by atoms with E-state index in [-0.39, 0.29) is 18.1 Å². The first-order chi connectivity index (χ1) is 18.7. The molecule has 3 amide bonds. The van der Waals surface area contributed by atoms with Gasteiger partial charge in [0, 0.05) is 13.0 Å². The number of benzene rings is 1. The third kappa shape index (κ3) is 7.79. The van der Waals surface area contributed by atoms with E-state index in [1.165, 1.54) is 0 Å². The van der Waals surface area contributed by atoms with E-state index in [0.717, 1.165) is 37.7 Å². The van der Waals surface area contributed by atoms with E-state index < -0.39 is 41.6 Å². The molecule has 39 heavy (non-hydrogen) atoms. The molecular weight excluding hydrogens is 502 g/mol. The monoisotopic (exact) mass is 543 g/mol. The van der Waals surface area contributed by atoms with Crippen LogP contribution in [-0.2, 0) is 35.1 Å². The summed E-state index contributed by atoms with van der Waals surface area (Å²) < 4.78 is 16.0. The molecule has 1 aromatic rings. The lowest BCUT2D eigenvalue weighted by Gasteiger charge is -2.26. The Labute approximate surface area is 229 Å². The van der Waals surface area contributed by atoms with E-state index in [1.807, 2.05) is 12.1 Å². The van der Waals surface area contributed by atoms with Crippen LogP contribution in [0.15, 0.2) is 24.3 Å². The minimum atomic E-state index is -0.959. The highest BCUT2D eigenvalue weighted by molar-refractivity contribution is 5.98. The van der Waals surface area contributed by atoms with Gasteiger partial charge < -0.3 is 30.2 Å². The van der Waals surface area contributed by atoms with Crippen LogP contribution < -0.4 is 20.7 Å². The van der Waals surface area contributed by atoms with Crippen LogP contribution in [-0.4, -0.2) is 73.7 Å². The van der Waals surface area contributed by atoms with Crippen molar-refractivity contribution in [1.82, 2.24) is 16.0 Å². The molecule has 0 aromatic heterocycles. The lowest BCUT2D eigenvalue weighted by Crippen LogP contribution is -2.57. The van der Waals surface area contributed by atoms with Gasteiger partial charge in [-0.3, -0.25) is 19.2 Å². The van der Waals surface area contributed by atoms with E-state index in [1.54, 1.807) is 33.1 Å². The second kappa shape index (κ2) is 12.9. The molecule has 10 nitrogen and oxygen atoms in total. The Balaban J connectivity index is 1.46. The molecule has 214 valence electrons. The number of carbonyl (C=O) groups is 4. The van der Waals surface area contributed by atoms with Crippen molar-refractivity contribution < 1.29 is 33.4 Å². The zero-order chi connectivity index (χ0) is 28.0. The van der Waals surface area contributed by atoms with Crippen LogP contribution in [0.5, 0.6) is 5.75 Å². The van der Waals surface area contributed by atoms with Crippen molar-refractivity contribution in [3.05, 3.63) is 29.8 Å². The fourth-order valence-corrected chi connectivity index (χ4v) is 5.36. The topological polar surface area (TPSA) is 135 Å². The number of hydrogen-bond donors (Lipinski definition) is 3. The Bertz CT molecular complexity index is 1030. The minimum absolute atomic E-state index is 0.130. The van der Waals surface area contributed by atoms with Gasteiger partial charge in [0.05, 0.1) is 19.8 Å². The van der Waals surface area contributed by atoms with Crippen LogP contribution in [0.25, 0.3) is 0 Å². The Kier molecular flexibility index (Phi) is 9.61. The predicted molar refractivity (Wildman–Crippen MR) is 143 cm³/mol. The molecular formula is C29H41N3O7. The predicted octanol–water partition coefficient (Wildman–Crippen LogP) is 1.83. The summed E-state index contributed by atoms with van der Waals surface area (Å²) in [4.78, 5) is 52.5. The molecule has 0 spiro atoms. The third-order valence-corrected chi connectivity index (χ3v) is 7.98. The molecule has 4 rings (SSSR count). The summed E-state index contributed by atoms with van der Waals surface area (Å²) in [5.41, 5.74) is -0.0599. The largest absolute Gasteiger partial charge is 0.497 e. The Hall–Kier alpha value is -2.98. The van der Waals surface area contributed by atoms with E-state index in [0.29, 0.717) is 37.7 Å². The molecule has 10 heteroatoms. The number of methoxy groups -OCH3 is 1. The van der Waals surface area contributed by atoms with Gasteiger partial charge in [-0.25, -0.2) is 0 Å². The van der Waals surface area contributed by atoms with Gasteiger partial charge >= 0.3 is 0 Å². The van der Waals surface area contributed by atoms with Crippen LogP contribution in [0.2, 0.25) is 0 Å². The van der Waals surface area contributed by atoms with Gasteiger partial charge in [0.25, 0.3) is 0 Å². The number of rotatable bonds is 13. The fourth-order valence-electron chi connectivity index (χ4n) is 5.36. The van der Waals surface area contributed by atoms with Gasteiger partial charge in [0.2, 0.25) is 17.7 Å². The fraction of sp³-hybridized carbons (Fsp3) is 0.655. The lowest BCUT2D eigenvalue weighted by molar-refractivity contribution is -0.136. The van der Waals surface area contributed by atoms with Crippen molar-refractivity contribution >= 4 is 23.5 Å². The highest BCUT2D eigenvalue weighted by Crippen LogP contribution is 2.33. The Morgan fingerprint density at radius 2 is 1.64 bits per heavy atom. The smallest absolute Gasteiger partial charge is 0.249 e. The van der Waals surface area contributed by atoms with E-state index in [9.17, 15) is 19.2 Å². The average molecular weight is 544 g/mol. The summed E-state index contributed by atoms with van der Waals surface area (Å²) >= 11 is 0. The third-order valence-electron chi connectivity index (χ3n) is 7.98. The maximum atomic E-state index is 13.6. The highest BCUT2D eigenvalue weighted by atomic mass is 16.6. The van der Waals surface area contributed by atoms with Crippen molar-refractivity contribution in [3.63, 3.8) is 0 Å². The molecule has 2 saturated heterocycles. The van der Waals surface area contributed by atoms with Crippen LogP contribution in [0, 0.1) is 5.92 Å². The summed E-state index contributed by atoms with van der Waals surface area (Å²) in [7, 11) is 1.57. The lowest BCUT2D eigenvalue weighted by atomic mass is 9.90. The van der Waals surface area contributed by atoms with Crippen molar-refractivity contribution in [2.45, 2.75) is 95.0 Å². The molecule has 3 N–H and O–H groups in total. The van der Waals surface area contributed by atoms with Crippen molar-refractivity contribution in [2.75, 3.05) is 20.3 Å². The van der Waals surface area contributed by atoms with E-state index >= 15 is 0 Å². The van der Waals surface area contributed by atoms with Gasteiger partial charge in [0.15, 0.2) is 5.78 Å². The zero-order valence-electron chi connectivity index (χ0n) is 23.1. The SMILES string of the molecule is COc1ccc(C[C@H](NC(=O)[C@@H](C)NC(=O)[C@H]2CCCO2)C(=O)N[C@@H](CC2CCCC2)C(=O)[C@]2(C)CO2)cc1. The summed E-state index contributed by atoms with van der Waals surface area (Å²) in [5, 5.41) is 8.43. The summed E-state index contributed by atoms with van der Waals surface area (Å²) in [6.45, 7) is 4.19. The van der Waals surface area contributed by atoms with Crippen molar-refractivity contribution in [3.8, 4) is 5.75 Å². The molecule has 1 aromatic carbocycles. The van der Waals surface area contributed by atoms with Crippen LogP contribution in [0.1, 0.15) is 64.4 Å². The minimum Gasteiger partial charge on any atom is -0.497 e. The van der Waals surface area contributed by atoms with Crippen LogP contribution in [0.3, 0.4) is 0 Å². The van der Waals surface area contributed by atoms with Crippen LogP contribution in [0.4, 0.5) is 0 Å². The maximum Gasteiger partial charge on any atom is 0.249 e. The number of hydrogen-bond acceptors (Lipinski definition) is 7. The molecule has 0 unspecified atom stereocenters. The number of Topliss-reactive ketones (excluding diaryl/α,β-unsaturated/α-hetero) is 1. The van der Waals surface area contributed by atoms with E-state index in [2.05, 4.69) is 16.0 Å². The Morgan fingerprint density at radius 3 is 2.23 bits per heavy atom. The number of amides is 3. The quantitative estimate of drug-likeness (QED) is 0.323. The van der Waals surface area contributed by atoms with Gasteiger partial charge in [-0.2, -0.15) is 0 Å². The molecule has 2 aliphatic heterocycles. The zero-order valence-corrected chi connectivity index (χ0v) is 23.1. The molecule has 0 bridgehead atoms. The molecule has 1 saturated carbocycles. The summed E-state index contributed by atoms with van der Waals surface area (Å²) in [6, 6.07) is 4.70. The van der Waals surface area contributed by atoms with Gasteiger partial charge in [-0.05, 0) is 56.7 Å². The van der Waals surface area contributed by atoms with Gasteiger partial charge in [-0.15, -0.1) is 0 Å². The summed E-state index contributed by atoms with van der Waals surface area (Å²) in [5.74, 6) is -0.373. The first kappa shape index (κ1) is 29.0. The second-order valence-electron chi connectivity index (χ2n) is 11.2. The maximum absolute atomic E-state index is 13.6. The molecule has 2 heterocycles. The molecule has 0 radical (unpaired) electrons.